The molecule has 1 aromatic heterocycles. The van der Waals surface area contributed by atoms with E-state index in [9.17, 15) is 18.0 Å². The Morgan fingerprint density at radius 3 is 2.67 bits per heavy atom. The second-order valence-corrected chi connectivity index (χ2v) is 9.23. The number of nitrogens with zero attached hydrogens (tertiary/aromatic N) is 2. The van der Waals surface area contributed by atoms with E-state index in [1.807, 2.05) is 24.3 Å². The smallest absolute Gasteiger partial charge is 0.273 e. The van der Waals surface area contributed by atoms with Crippen molar-refractivity contribution in [3.8, 4) is 0 Å². The summed E-state index contributed by atoms with van der Waals surface area (Å²) < 4.78 is 28.6. The van der Waals surface area contributed by atoms with Gasteiger partial charge in [-0.3, -0.25) is 9.59 Å². The van der Waals surface area contributed by atoms with Crippen molar-refractivity contribution in [3.05, 3.63) is 59.2 Å². The molecule has 0 bridgehead atoms. The van der Waals surface area contributed by atoms with E-state index in [2.05, 4.69) is 10.6 Å². The molecule has 2 amide bonds. The van der Waals surface area contributed by atoms with Crippen molar-refractivity contribution in [1.29, 1.82) is 0 Å². The molecule has 30 heavy (non-hydrogen) atoms. The molecule has 0 atom stereocenters. The maximum Gasteiger partial charge on any atom is 0.273 e. The van der Waals surface area contributed by atoms with E-state index in [0.29, 0.717) is 10.7 Å². The lowest BCUT2D eigenvalue weighted by molar-refractivity contribution is -0.122. The molecular formula is C20H19ClN4O4S. The predicted octanol–water partition coefficient (Wildman–Crippen LogP) is 2.20. The van der Waals surface area contributed by atoms with Crippen LogP contribution in [0.25, 0.3) is 10.9 Å². The minimum atomic E-state index is -3.86. The van der Waals surface area contributed by atoms with E-state index in [-0.39, 0.29) is 36.1 Å². The number of amides is 2. The number of nitrogens with one attached hydrogen (secondary N) is 2. The average Bonchev–Trinajstić information content (AvgIpc) is 2.99. The molecule has 0 aliphatic carbocycles. The van der Waals surface area contributed by atoms with Gasteiger partial charge in [0.25, 0.3) is 5.91 Å². The van der Waals surface area contributed by atoms with Gasteiger partial charge in [0, 0.05) is 36.7 Å². The quantitative estimate of drug-likeness (QED) is 0.641. The van der Waals surface area contributed by atoms with Crippen LogP contribution in [0.15, 0.2) is 53.4 Å². The number of aromatic nitrogens is 1. The standard InChI is InChI=1S/C20H19ClN4O4S/c1-24-16-8-3-2-7-15(16)18(21)19(24)20(27)23-13-5-4-6-14(11-13)30(28,29)25-10-9-22-17(26)12-25/h2-8,11H,9-10,12H2,1H3,(H,22,26)(H,23,27). The van der Waals surface area contributed by atoms with Crippen LogP contribution >= 0.6 is 11.6 Å². The molecule has 1 aliphatic heterocycles. The molecule has 0 saturated carbocycles. The van der Waals surface area contributed by atoms with Crippen LogP contribution in [-0.2, 0) is 21.9 Å². The lowest BCUT2D eigenvalue weighted by Gasteiger charge is -2.26. The summed E-state index contributed by atoms with van der Waals surface area (Å²) in [6, 6.07) is 13.3. The van der Waals surface area contributed by atoms with Gasteiger partial charge < -0.3 is 15.2 Å². The van der Waals surface area contributed by atoms with Crippen molar-refractivity contribution in [2.75, 3.05) is 25.0 Å². The number of piperazine rings is 1. The molecule has 0 spiro atoms. The van der Waals surface area contributed by atoms with Gasteiger partial charge in [-0.15, -0.1) is 0 Å². The molecular weight excluding hydrogens is 428 g/mol. The topological polar surface area (TPSA) is 101 Å². The first kappa shape index (κ1) is 20.4. The Hall–Kier alpha value is -2.88. The van der Waals surface area contributed by atoms with Crippen molar-refractivity contribution in [3.63, 3.8) is 0 Å². The molecule has 0 unspecified atom stereocenters. The van der Waals surface area contributed by atoms with E-state index < -0.39 is 15.9 Å². The molecule has 4 rings (SSSR count). The van der Waals surface area contributed by atoms with Crippen LogP contribution in [0, 0.1) is 0 Å². The van der Waals surface area contributed by atoms with Crippen molar-refractivity contribution in [1.82, 2.24) is 14.2 Å². The summed E-state index contributed by atoms with van der Waals surface area (Å²) in [6.45, 7) is 0.217. The molecule has 1 saturated heterocycles. The summed E-state index contributed by atoms with van der Waals surface area (Å²) >= 11 is 6.42. The zero-order valence-corrected chi connectivity index (χ0v) is 17.6. The Morgan fingerprint density at radius 1 is 1.17 bits per heavy atom. The number of rotatable bonds is 4. The third-order valence-electron chi connectivity index (χ3n) is 4.99. The number of benzene rings is 2. The molecule has 8 nitrogen and oxygen atoms in total. The molecule has 1 fully saturated rings. The van der Waals surface area contributed by atoms with Crippen LogP contribution in [0.4, 0.5) is 5.69 Å². The second-order valence-electron chi connectivity index (χ2n) is 6.91. The van der Waals surface area contributed by atoms with Gasteiger partial charge in [0.1, 0.15) is 5.69 Å². The largest absolute Gasteiger partial charge is 0.354 e. The number of hydrogen-bond acceptors (Lipinski definition) is 4. The van der Waals surface area contributed by atoms with Gasteiger partial charge in [0.15, 0.2) is 0 Å². The van der Waals surface area contributed by atoms with Gasteiger partial charge >= 0.3 is 0 Å². The summed E-state index contributed by atoms with van der Waals surface area (Å²) in [4.78, 5) is 24.5. The first-order valence-corrected chi connectivity index (χ1v) is 11.0. The summed E-state index contributed by atoms with van der Waals surface area (Å²) in [5.74, 6) is -0.801. The second kappa shape index (κ2) is 7.75. The van der Waals surface area contributed by atoms with E-state index >= 15 is 0 Å². The molecule has 2 N–H and O–H groups in total. The lowest BCUT2D eigenvalue weighted by Crippen LogP contribution is -2.49. The zero-order valence-electron chi connectivity index (χ0n) is 16.1. The maximum atomic E-state index is 12.9. The van der Waals surface area contributed by atoms with Crippen LogP contribution in [-0.4, -0.2) is 48.7 Å². The number of aryl methyl sites for hydroxylation is 1. The van der Waals surface area contributed by atoms with Crippen LogP contribution in [0.1, 0.15) is 10.5 Å². The SMILES string of the molecule is Cn1c(C(=O)Nc2cccc(S(=O)(=O)N3CCNC(=O)C3)c2)c(Cl)c2ccccc21. The molecule has 156 valence electrons. The van der Waals surface area contributed by atoms with Crippen LogP contribution < -0.4 is 10.6 Å². The summed E-state index contributed by atoms with van der Waals surface area (Å²) in [7, 11) is -2.12. The van der Waals surface area contributed by atoms with Gasteiger partial charge in [-0.25, -0.2) is 8.42 Å². The minimum Gasteiger partial charge on any atom is -0.354 e. The average molecular weight is 447 g/mol. The van der Waals surface area contributed by atoms with Crippen LogP contribution in [0.5, 0.6) is 0 Å². The Morgan fingerprint density at radius 2 is 1.93 bits per heavy atom. The highest BCUT2D eigenvalue weighted by Gasteiger charge is 2.29. The fourth-order valence-electron chi connectivity index (χ4n) is 3.49. The summed E-state index contributed by atoms with van der Waals surface area (Å²) in [5, 5.41) is 6.40. The fourth-order valence-corrected chi connectivity index (χ4v) is 5.31. The molecule has 2 heterocycles. The number of hydrogen-bond donors (Lipinski definition) is 2. The highest BCUT2D eigenvalue weighted by atomic mass is 35.5. The monoisotopic (exact) mass is 446 g/mol. The summed E-state index contributed by atoms with van der Waals surface area (Å²) in [5.41, 5.74) is 1.40. The van der Waals surface area contributed by atoms with Crippen molar-refractivity contribution in [2.24, 2.45) is 7.05 Å². The number of carbonyl (C=O) groups excluding carboxylic acids is 2. The molecule has 1 aliphatic rings. The fraction of sp³-hybridized carbons (Fsp3) is 0.200. The Balaban J connectivity index is 1.63. The maximum absolute atomic E-state index is 12.9. The number of sulfonamides is 1. The van der Waals surface area contributed by atoms with Crippen LogP contribution in [0.3, 0.4) is 0 Å². The van der Waals surface area contributed by atoms with E-state index in [0.717, 1.165) is 15.2 Å². The van der Waals surface area contributed by atoms with E-state index in [4.69, 9.17) is 11.6 Å². The van der Waals surface area contributed by atoms with Crippen LogP contribution in [0.2, 0.25) is 5.02 Å². The van der Waals surface area contributed by atoms with Gasteiger partial charge in [-0.1, -0.05) is 35.9 Å². The number of halogens is 1. The first-order valence-electron chi connectivity index (χ1n) is 9.20. The third-order valence-corrected chi connectivity index (χ3v) is 7.22. The first-order chi connectivity index (χ1) is 14.3. The molecule has 2 aromatic carbocycles. The Bertz CT molecular complexity index is 1230. The van der Waals surface area contributed by atoms with Gasteiger partial charge in [-0.2, -0.15) is 4.31 Å². The van der Waals surface area contributed by atoms with Gasteiger partial charge in [-0.05, 0) is 24.3 Å². The van der Waals surface area contributed by atoms with Gasteiger partial charge in [0.05, 0.1) is 16.5 Å². The molecule has 0 radical (unpaired) electrons. The number of anilines is 1. The highest BCUT2D eigenvalue weighted by Crippen LogP contribution is 2.30. The third kappa shape index (κ3) is 3.55. The molecule has 10 heteroatoms. The Labute approximate surface area is 178 Å². The van der Waals surface area contributed by atoms with E-state index in [1.54, 1.807) is 17.7 Å². The highest BCUT2D eigenvalue weighted by molar-refractivity contribution is 7.89. The number of carbonyl (C=O) groups is 2. The van der Waals surface area contributed by atoms with Crippen molar-refractivity contribution in [2.45, 2.75) is 4.90 Å². The normalized spacial score (nSPS) is 15.2. The van der Waals surface area contributed by atoms with Gasteiger partial charge in [0.2, 0.25) is 15.9 Å². The Kier molecular flexibility index (Phi) is 5.27. The van der Waals surface area contributed by atoms with Crippen molar-refractivity contribution >= 4 is 50.0 Å². The lowest BCUT2D eigenvalue weighted by atomic mass is 10.2. The predicted molar refractivity (Wildman–Crippen MR) is 114 cm³/mol. The van der Waals surface area contributed by atoms with Crippen molar-refractivity contribution < 1.29 is 18.0 Å². The minimum absolute atomic E-state index is 0.00172. The number of para-hydroxylation sites is 1. The van der Waals surface area contributed by atoms with E-state index in [1.165, 1.54) is 18.2 Å². The zero-order chi connectivity index (χ0) is 21.5. The summed E-state index contributed by atoms with van der Waals surface area (Å²) in [6.07, 6.45) is 0. The number of fused-ring (bicyclic) bond motifs is 1. The molecule has 3 aromatic rings.